The topological polar surface area (TPSA) is 70.8 Å². The molecular weight excluding hydrogens is 213 g/mol. The minimum atomic E-state index is -1.23. The molecule has 17 heavy (non-hydrogen) atoms. The number of nitrogens with zero attached hydrogens (tertiary/aromatic N) is 3. The number of pyridine rings is 1. The van der Waals surface area contributed by atoms with Gasteiger partial charge in [-0.2, -0.15) is 0 Å². The predicted octanol–water partition coefficient (Wildman–Crippen LogP) is -2.48. The first-order chi connectivity index (χ1) is 7.77. The molecule has 82 valence electrons. The van der Waals surface area contributed by atoms with Gasteiger partial charge in [0.25, 0.3) is 0 Å². The number of carboxylic acid groups (broad SMARTS) is 1. The van der Waals surface area contributed by atoms with Gasteiger partial charge in [0.05, 0.1) is 0 Å². The van der Waals surface area contributed by atoms with Crippen LogP contribution in [-0.4, -0.2) is 20.5 Å². The van der Waals surface area contributed by atoms with Crippen molar-refractivity contribution in [3.05, 3.63) is 24.2 Å². The van der Waals surface area contributed by atoms with Crippen LogP contribution < -0.4 is 24.0 Å². The summed E-state index contributed by atoms with van der Waals surface area (Å²) in [4.78, 5) is 19.3. The van der Waals surface area contributed by atoms with Crippen molar-refractivity contribution < 1.29 is 28.8 Å². The summed E-state index contributed by atoms with van der Waals surface area (Å²) >= 11 is 0. The van der Waals surface area contributed by atoms with Gasteiger partial charge in [-0.25, -0.2) is 9.97 Å². The Hall–Kier alpha value is -1.31. The Labute approximate surface area is 110 Å². The van der Waals surface area contributed by atoms with Gasteiger partial charge < -0.3 is 14.5 Å². The Morgan fingerprint density at radius 3 is 2.82 bits per heavy atom. The van der Waals surface area contributed by atoms with E-state index in [0.29, 0.717) is 11.2 Å². The number of carbonyl (C=O) groups is 1. The molecule has 0 atom stereocenters. The zero-order valence-electron chi connectivity index (χ0n) is 9.59. The van der Waals surface area contributed by atoms with E-state index in [2.05, 4.69) is 9.97 Å². The molecule has 1 aliphatic carbocycles. The fourth-order valence-corrected chi connectivity index (χ4v) is 2.06. The minimum absolute atomic E-state index is 0. The fraction of sp³-hybridized carbons (Fsp3) is 0.364. The molecule has 5 nitrogen and oxygen atoms in total. The molecule has 2 aromatic rings. The summed E-state index contributed by atoms with van der Waals surface area (Å²) in [6.07, 6.45) is 4.76. The van der Waals surface area contributed by atoms with Crippen LogP contribution >= 0.6 is 0 Å². The van der Waals surface area contributed by atoms with Crippen LogP contribution in [-0.2, 0) is 0 Å². The Kier molecular flexibility index (Phi) is 3.23. The predicted molar refractivity (Wildman–Crippen MR) is 54.7 cm³/mol. The zero-order valence-corrected chi connectivity index (χ0v) is 9.59. The second kappa shape index (κ2) is 4.51. The Balaban J connectivity index is 0.00000108. The molecule has 2 aromatic heterocycles. The summed E-state index contributed by atoms with van der Waals surface area (Å²) in [7, 11) is 0. The van der Waals surface area contributed by atoms with Crippen molar-refractivity contribution in [2.24, 2.45) is 0 Å². The van der Waals surface area contributed by atoms with Gasteiger partial charge in [-0.1, -0.05) is 0 Å². The van der Waals surface area contributed by atoms with Crippen LogP contribution in [0.1, 0.15) is 35.9 Å². The molecule has 1 aliphatic rings. The minimum Gasteiger partial charge on any atom is -0.542 e. The number of carbonyl (C=O) groups excluding carboxylic acids is 1. The summed E-state index contributed by atoms with van der Waals surface area (Å²) in [6.45, 7) is 0. The van der Waals surface area contributed by atoms with E-state index >= 15 is 0 Å². The van der Waals surface area contributed by atoms with Gasteiger partial charge in [0.15, 0.2) is 11.5 Å². The Morgan fingerprint density at radius 1 is 1.47 bits per heavy atom. The van der Waals surface area contributed by atoms with Crippen molar-refractivity contribution in [3.63, 3.8) is 0 Å². The van der Waals surface area contributed by atoms with Crippen molar-refractivity contribution >= 4 is 17.1 Å². The third kappa shape index (κ3) is 1.86. The maximum Gasteiger partial charge on any atom is 1.00 e. The van der Waals surface area contributed by atoms with Crippen LogP contribution in [0.25, 0.3) is 11.2 Å². The first-order valence-electron chi connectivity index (χ1n) is 5.31. The third-order valence-corrected chi connectivity index (χ3v) is 3.07. The molecule has 0 spiro atoms. The van der Waals surface area contributed by atoms with E-state index in [-0.39, 0.29) is 30.7 Å². The van der Waals surface area contributed by atoms with E-state index in [1.165, 1.54) is 0 Å². The SMILES string of the molecule is O=C([O-])c1nc2cccnc2n1C1CCC1.[Li+]. The molecule has 0 aliphatic heterocycles. The van der Waals surface area contributed by atoms with Crippen LogP contribution in [0.4, 0.5) is 0 Å². The molecule has 3 rings (SSSR count). The summed E-state index contributed by atoms with van der Waals surface area (Å²) in [5, 5.41) is 11.0. The van der Waals surface area contributed by atoms with Gasteiger partial charge in [-0.05, 0) is 31.4 Å². The van der Waals surface area contributed by atoms with Gasteiger partial charge in [0.2, 0.25) is 0 Å². The van der Waals surface area contributed by atoms with Crippen molar-refractivity contribution in [1.29, 1.82) is 0 Å². The number of aromatic carboxylic acids is 1. The molecular formula is C11H10LiN3O2. The largest absolute Gasteiger partial charge is 1.00 e. The average molecular weight is 223 g/mol. The second-order valence-electron chi connectivity index (χ2n) is 4.02. The molecule has 2 heterocycles. The molecule has 1 fully saturated rings. The molecule has 0 aromatic carbocycles. The van der Waals surface area contributed by atoms with Gasteiger partial charge in [0, 0.05) is 12.2 Å². The molecule has 0 bridgehead atoms. The maximum atomic E-state index is 11.0. The molecule has 1 saturated carbocycles. The summed E-state index contributed by atoms with van der Waals surface area (Å²) in [5.41, 5.74) is 1.26. The first kappa shape index (κ1) is 12.2. The van der Waals surface area contributed by atoms with Crippen LogP contribution in [0.3, 0.4) is 0 Å². The van der Waals surface area contributed by atoms with E-state index in [1.807, 2.05) is 0 Å². The second-order valence-corrected chi connectivity index (χ2v) is 4.02. The van der Waals surface area contributed by atoms with Crippen molar-refractivity contribution in [2.45, 2.75) is 25.3 Å². The van der Waals surface area contributed by atoms with Crippen molar-refractivity contribution in [2.75, 3.05) is 0 Å². The smallest absolute Gasteiger partial charge is 0.542 e. The molecule has 0 unspecified atom stereocenters. The molecule has 0 radical (unpaired) electrons. The summed E-state index contributed by atoms with van der Waals surface area (Å²) < 4.78 is 1.70. The van der Waals surface area contributed by atoms with E-state index in [1.54, 1.807) is 22.9 Å². The monoisotopic (exact) mass is 223 g/mol. The van der Waals surface area contributed by atoms with Gasteiger partial charge in [-0.3, -0.25) is 0 Å². The van der Waals surface area contributed by atoms with Crippen LogP contribution in [0.2, 0.25) is 0 Å². The zero-order chi connectivity index (χ0) is 11.1. The summed E-state index contributed by atoms with van der Waals surface area (Å²) in [6, 6.07) is 3.73. The maximum absolute atomic E-state index is 11.0. The van der Waals surface area contributed by atoms with E-state index in [9.17, 15) is 9.90 Å². The van der Waals surface area contributed by atoms with Crippen LogP contribution in [0, 0.1) is 0 Å². The normalized spacial score (nSPS) is 15.3. The van der Waals surface area contributed by atoms with E-state index in [4.69, 9.17) is 0 Å². The average Bonchev–Trinajstić information content (AvgIpc) is 2.56. The number of carboxylic acids is 1. The van der Waals surface area contributed by atoms with Gasteiger partial charge >= 0.3 is 18.9 Å². The Morgan fingerprint density at radius 2 is 2.24 bits per heavy atom. The standard InChI is InChI=1S/C11H11N3O2.Li/c15-11(16)10-13-8-5-2-6-12-9(8)14(10)7-3-1-4-7;/h2,5-7H,1,3-4H2,(H,15,16);/q;+1/p-1. The van der Waals surface area contributed by atoms with E-state index < -0.39 is 5.97 Å². The van der Waals surface area contributed by atoms with Crippen molar-refractivity contribution in [1.82, 2.24) is 14.5 Å². The number of imidazole rings is 1. The van der Waals surface area contributed by atoms with Crippen molar-refractivity contribution in [3.8, 4) is 0 Å². The summed E-state index contributed by atoms with van der Waals surface area (Å²) in [5.74, 6) is -1.23. The number of rotatable bonds is 2. The Bertz CT molecular complexity index is 563. The van der Waals surface area contributed by atoms with E-state index in [0.717, 1.165) is 19.3 Å². The molecule has 0 saturated heterocycles. The fourth-order valence-electron chi connectivity index (χ4n) is 2.06. The van der Waals surface area contributed by atoms with Crippen LogP contribution in [0.15, 0.2) is 18.3 Å². The van der Waals surface area contributed by atoms with Crippen LogP contribution in [0.5, 0.6) is 0 Å². The molecule has 0 N–H and O–H groups in total. The molecule has 0 amide bonds. The number of fused-ring (bicyclic) bond motifs is 1. The van der Waals surface area contributed by atoms with Gasteiger partial charge in [0.1, 0.15) is 11.5 Å². The number of hydrogen-bond donors (Lipinski definition) is 0. The number of aromatic nitrogens is 3. The molecule has 6 heteroatoms. The number of hydrogen-bond acceptors (Lipinski definition) is 4. The van der Waals surface area contributed by atoms with Gasteiger partial charge in [-0.15, -0.1) is 0 Å². The third-order valence-electron chi connectivity index (χ3n) is 3.07. The first-order valence-corrected chi connectivity index (χ1v) is 5.31. The quantitative estimate of drug-likeness (QED) is 0.529.